The lowest BCUT2D eigenvalue weighted by atomic mass is 10.2. The molecule has 2 heterocycles. The van der Waals surface area contributed by atoms with Gasteiger partial charge in [-0.15, -0.1) is 0 Å². The van der Waals surface area contributed by atoms with Crippen molar-refractivity contribution in [1.29, 1.82) is 0 Å². The molecule has 3 aromatic rings. The number of rotatable bonds is 8. The van der Waals surface area contributed by atoms with E-state index in [0.29, 0.717) is 49.0 Å². The highest BCUT2D eigenvalue weighted by molar-refractivity contribution is 5.93. The largest absolute Gasteiger partial charge is 0.492 e. The molecule has 33 heavy (non-hydrogen) atoms. The monoisotopic (exact) mass is 452 g/mol. The van der Waals surface area contributed by atoms with E-state index >= 15 is 0 Å². The summed E-state index contributed by atoms with van der Waals surface area (Å²) in [6.45, 7) is 7.26. The second-order valence-electron chi connectivity index (χ2n) is 7.52. The molecule has 0 aliphatic carbocycles. The molecule has 4 rings (SSSR count). The van der Waals surface area contributed by atoms with Gasteiger partial charge in [0.15, 0.2) is 0 Å². The average molecular weight is 453 g/mol. The van der Waals surface area contributed by atoms with Crippen LogP contribution >= 0.6 is 0 Å². The van der Waals surface area contributed by atoms with Crippen LogP contribution in [0.25, 0.3) is 10.8 Å². The number of carbonyl (C=O) groups excluding carboxylic acids is 1. The lowest BCUT2D eigenvalue weighted by molar-refractivity contribution is -0.117. The first kappa shape index (κ1) is 22.6. The molecule has 1 aliphatic rings. The van der Waals surface area contributed by atoms with Crippen LogP contribution in [0.5, 0.6) is 11.5 Å². The Morgan fingerprint density at radius 2 is 1.82 bits per heavy atom. The van der Waals surface area contributed by atoms with E-state index in [4.69, 9.17) is 14.2 Å². The fourth-order valence-electron chi connectivity index (χ4n) is 3.81. The third kappa shape index (κ3) is 5.09. The van der Waals surface area contributed by atoms with Gasteiger partial charge in [-0.3, -0.25) is 9.59 Å². The topological polar surface area (TPSA) is 94.9 Å². The van der Waals surface area contributed by atoms with Gasteiger partial charge < -0.3 is 24.4 Å². The van der Waals surface area contributed by atoms with E-state index in [0.717, 1.165) is 28.8 Å². The van der Waals surface area contributed by atoms with Crippen LogP contribution in [-0.2, 0) is 16.1 Å². The van der Waals surface area contributed by atoms with Crippen LogP contribution in [-0.4, -0.2) is 55.2 Å². The third-order valence-electron chi connectivity index (χ3n) is 5.34. The molecular formula is C24H28N4O5. The zero-order valence-electron chi connectivity index (χ0n) is 18.9. The predicted octanol–water partition coefficient (Wildman–Crippen LogP) is 2.67. The van der Waals surface area contributed by atoms with E-state index in [1.165, 1.54) is 0 Å². The van der Waals surface area contributed by atoms with Crippen molar-refractivity contribution >= 4 is 28.1 Å². The number of amides is 1. The summed E-state index contributed by atoms with van der Waals surface area (Å²) in [5.41, 5.74) is 1.07. The summed E-state index contributed by atoms with van der Waals surface area (Å²) in [4.78, 5) is 27.7. The molecule has 0 spiro atoms. The Morgan fingerprint density at radius 1 is 1.09 bits per heavy atom. The van der Waals surface area contributed by atoms with Gasteiger partial charge in [0.1, 0.15) is 18.0 Å². The standard InChI is InChI=1S/C24H28N4O5/c1-3-32-21-14-20(27-9-11-31-12-10-27)22(33-4-2)13-19(21)26-23(29)16-28-24(30)18-8-6-5-7-17(18)15-25-28/h5-8,13-15H,3-4,9-12,16H2,1-2H3,(H,26,29). The Bertz CT molecular complexity index is 1190. The number of benzene rings is 2. The molecule has 2 aromatic carbocycles. The van der Waals surface area contributed by atoms with Crippen LogP contribution in [0, 0.1) is 0 Å². The summed E-state index contributed by atoms with van der Waals surface area (Å²) in [5.74, 6) is 0.802. The fraction of sp³-hybridized carbons (Fsp3) is 0.375. The molecular weight excluding hydrogens is 424 g/mol. The minimum absolute atomic E-state index is 0.218. The highest BCUT2D eigenvalue weighted by Crippen LogP contribution is 2.39. The molecule has 0 unspecified atom stereocenters. The first-order chi connectivity index (χ1) is 16.1. The van der Waals surface area contributed by atoms with Crippen LogP contribution in [0.15, 0.2) is 47.4 Å². The summed E-state index contributed by atoms with van der Waals surface area (Å²) in [6.07, 6.45) is 1.58. The van der Waals surface area contributed by atoms with Crippen LogP contribution in [0.1, 0.15) is 13.8 Å². The van der Waals surface area contributed by atoms with Gasteiger partial charge in [-0.05, 0) is 19.9 Å². The second kappa shape index (κ2) is 10.4. The quantitative estimate of drug-likeness (QED) is 0.561. The zero-order valence-corrected chi connectivity index (χ0v) is 18.9. The van der Waals surface area contributed by atoms with Crippen LogP contribution in [0.4, 0.5) is 11.4 Å². The number of nitrogens with one attached hydrogen (secondary N) is 1. The van der Waals surface area contributed by atoms with E-state index in [2.05, 4.69) is 15.3 Å². The Labute approximate surface area is 191 Å². The maximum atomic E-state index is 12.8. The first-order valence-corrected chi connectivity index (χ1v) is 11.1. The Kier molecular flexibility index (Phi) is 7.09. The Hall–Kier alpha value is -3.59. The van der Waals surface area contributed by atoms with Gasteiger partial charge in [-0.1, -0.05) is 18.2 Å². The van der Waals surface area contributed by atoms with Crippen molar-refractivity contribution < 1.29 is 19.0 Å². The zero-order chi connectivity index (χ0) is 23.2. The first-order valence-electron chi connectivity index (χ1n) is 11.1. The molecule has 1 saturated heterocycles. The number of aromatic nitrogens is 2. The summed E-state index contributed by atoms with van der Waals surface area (Å²) in [7, 11) is 0. The molecule has 1 fully saturated rings. The minimum atomic E-state index is -0.387. The van der Waals surface area contributed by atoms with E-state index < -0.39 is 0 Å². The van der Waals surface area contributed by atoms with Crippen molar-refractivity contribution in [1.82, 2.24) is 9.78 Å². The maximum absolute atomic E-state index is 12.8. The van der Waals surface area contributed by atoms with Crippen molar-refractivity contribution in [2.45, 2.75) is 20.4 Å². The molecule has 9 heteroatoms. The maximum Gasteiger partial charge on any atom is 0.275 e. The number of fused-ring (bicyclic) bond motifs is 1. The minimum Gasteiger partial charge on any atom is -0.492 e. The molecule has 0 saturated carbocycles. The summed E-state index contributed by atoms with van der Waals surface area (Å²) in [6, 6.07) is 10.8. The normalized spacial score (nSPS) is 13.7. The van der Waals surface area contributed by atoms with Crippen molar-refractivity contribution in [3.05, 3.63) is 52.9 Å². The summed E-state index contributed by atoms with van der Waals surface area (Å²) in [5, 5.41) is 8.25. The number of hydrogen-bond donors (Lipinski definition) is 1. The van der Waals surface area contributed by atoms with E-state index in [-0.39, 0.29) is 18.0 Å². The molecule has 0 radical (unpaired) electrons. The SMILES string of the molecule is CCOc1cc(N2CCOCC2)c(OCC)cc1NC(=O)Cn1ncc2ccccc2c1=O. The van der Waals surface area contributed by atoms with E-state index in [9.17, 15) is 9.59 Å². The molecule has 1 aliphatic heterocycles. The number of anilines is 2. The van der Waals surface area contributed by atoms with Gasteiger partial charge in [0.2, 0.25) is 5.91 Å². The summed E-state index contributed by atoms with van der Waals surface area (Å²) < 4.78 is 18.3. The Morgan fingerprint density at radius 3 is 2.58 bits per heavy atom. The lowest BCUT2D eigenvalue weighted by Gasteiger charge is -2.31. The Balaban J connectivity index is 1.60. The van der Waals surface area contributed by atoms with Crippen LogP contribution < -0.4 is 25.2 Å². The number of ether oxygens (including phenoxy) is 3. The van der Waals surface area contributed by atoms with Gasteiger partial charge in [0.05, 0.1) is 49.4 Å². The molecule has 1 N–H and O–H groups in total. The number of morpholine rings is 1. The average Bonchev–Trinajstić information content (AvgIpc) is 2.83. The third-order valence-corrected chi connectivity index (χ3v) is 5.34. The molecule has 9 nitrogen and oxygen atoms in total. The molecule has 0 bridgehead atoms. The van der Waals surface area contributed by atoms with Gasteiger partial charge in [-0.2, -0.15) is 5.10 Å². The van der Waals surface area contributed by atoms with Gasteiger partial charge >= 0.3 is 0 Å². The van der Waals surface area contributed by atoms with E-state index in [1.807, 2.05) is 32.0 Å². The number of nitrogens with zero attached hydrogens (tertiary/aromatic N) is 3. The highest BCUT2D eigenvalue weighted by Gasteiger charge is 2.21. The number of carbonyl (C=O) groups is 1. The van der Waals surface area contributed by atoms with Crippen molar-refractivity contribution in [2.75, 3.05) is 49.7 Å². The van der Waals surface area contributed by atoms with Crippen LogP contribution in [0.3, 0.4) is 0 Å². The molecule has 0 atom stereocenters. The lowest BCUT2D eigenvalue weighted by Crippen LogP contribution is -2.36. The number of hydrogen-bond acceptors (Lipinski definition) is 7. The fourth-order valence-corrected chi connectivity index (χ4v) is 3.81. The smallest absolute Gasteiger partial charge is 0.275 e. The molecule has 174 valence electrons. The van der Waals surface area contributed by atoms with Gasteiger partial charge in [0, 0.05) is 30.6 Å². The van der Waals surface area contributed by atoms with Gasteiger partial charge in [-0.25, -0.2) is 4.68 Å². The van der Waals surface area contributed by atoms with E-state index in [1.54, 1.807) is 24.4 Å². The van der Waals surface area contributed by atoms with Crippen molar-refractivity contribution in [3.63, 3.8) is 0 Å². The van der Waals surface area contributed by atoms with Crippen LogP contribution in [0.2, 0.25) is 0 Å². The molecule has 1 amide bonds. The second-order valence-corrected chi connectivity index (χ2v) is 7.52. The van der Waals surface area contributed by atoms with Crippen molar-refractivity contribution in [2.24, 2.45) is 0 Å². The van der Waals surface area contributed by atoms with Gasteiger partial charge in [0.25, 0.3) is 5.56 Å². The highest BCUT2D eigenvalue weighted by atomic mass is 16.5. The predicted molar refractivity (Wildman–Crippen MR) is 126 cm³/mol. The summed E-state index contributed by atoms with van der Waals surface area (Å²) >= 11 is 0. The molecule has 1 aromatic heterocycles. The van der Waals surface area contributed by atoms with Crippen molar-refractivity contribution in [3.8, 4) is 11.5 Å².